The zero-order chi connectivity index (χ0) is 36.7. The monoisotopic (exact) mass is 715 g/mol. The molecule has 12 aromatic rings. The first-order valence-electron chi connectivity index (χ1n) is 19.1. The summed E-state index contributed by atoms with van der Waals surface area (Å²) in [5.41, 5.74) is 13.5. The number of aromatic nitrogens is 5. The molecule has 262 valence electrons. The van der Waals surface area contributed by atoms with Gasteiger partial charge in [0.05, 0.1) is 38.6 Å². The summed E-state index contributed by atoms with van der Waals surface area (Å²) >= 11 is 0. The molecule has 12 rings (SSSR count). The van der Waals surface area contributed by atoms with E-state index in [-0.39, 0.29) is 0 Å². The van der Waals surface area contributed by atoms with Crippen LogP contribution in [0.1, 0.15) is 0 Å². The van der Waals surface area contributed by atoms with Gasteiger partial charge < -0.3 is 13.7 Å². The summed E-state index contributed by atoms with van der Waals surface area (Å²) in [5.74, 6) is 0.918. The highest BCUT2D eigenvalue weighted by Gasteiger charge is 2.22. The van der Waals surface area contributed by atoms with Gasteiger partial charge in [0.15, 0.2) is 0 Å². The van der Waals surface area contributed by atoms with Crippen molar-refractivity contribution in [2.45, 2.75) is 0 Å². The predicted molar refractivity (Wildman–Crippen MR) is 232 cm³/mol. The molecular formula is C51H33N5. The fourth-order valence-electron chi connectivity index (χ4n) is 8.94. The van der Waals surface area contributed by atoms with Crippen LogP contribution in [0.25, 0.3) is 99.7 Å². The maximum absolute atomic E-state index is 5.18. The second-order valence-electron chi connectivity index (χ2n) is 14.5. The summed E-state index contributed by atoms with van der Waals surface area (Å²) in [4.78, 5) is 5.18. The van der Waals surface area contributed by atoms with E-state index in [1.165, 1.54) is 49.0 Å². The van der Waals surface area contributed by atoms with Crippen molar-refractivity contribution in [2.24, 2.45) is 0 Å². The number of para-hydroxylation sites is 6. The Kier molecular flexibility index (Phi) is 6.56. The van der Waals surface area contributed by atoms with Gasteiger partial charge in [-0.15, -0.1) is 0 Å². The Morgan fingerprint density at radius 2 is 0.982 bits per heavy atom. The van der Waals surface area contributed by atoms with Crippen LogP contribution in [-0.2, 0) is 0 Å². The third-order valence-electron chi connectivity index (χ3n) is 11.4. The van der Waals surface area contributed by atoms with Crippen LogP contribution < -0.4 is 0 Å². The van der Waals surface area contributed by atoms with E-state index in [0.29, 0.717) is 0 Å². The summed E-state index contributed by atoms with van der Waals surface area (Å²) in [7, 11) is 0. The van der Waals surface area contributed by atoms with Crippen LogP contribution >= 0.6 is 0 Å². The molecule has 0 fully saturated rings. The van der Waals surface area contributed by atoms with E-state index in [4.69, 9.17) is 4.98 Å². The molecule has 5 nitrogen and oxygen atoms in total. The molecule has 0 aliphatic carbocycles. The van der Waals surface area contributed by atoms with Gasteiger partial charge in [0, 0.05) is 61.4 Å². The Morgan fingerprint density at radius 3 is 1.73 bits per heavy atom. The third-order valence-corrected chi connectivity index (χ3v) is 11.4. The van der Waals surface area contributed by atoms with Crippen LogP contribution in [0.3, 0.4) is 0 Å². The van der Waals surface area contributed by atoms with E-state index in [0.717, 1.165) is 50.7 Å². The molecule has 4 aromatic heterocycles. The molecule has 0 radical (unpaired) electrons. The molecular weight excluding hydrogens is 683 g/mol. The lowest BCUT2D eigenvalue weighted by Crippen LogP contribution is -1.99. The maximum atomic E-state index is 5.18. The molecule has 0 unspecified atom stereocenters. The predicted octanol–water partition coefficient (Wildman–Crippen LogP) is 12.8. The van der Waals surface area contributed by atoms with Crippen molar-refractivity contribution in [1.82, 2.24) is 23.3 Å². The highest BCUT2D eigenvalue weighted by atomic mass is 15.1. The van der Waals surface area contributed by atoms with E-state index >= 15 is 0 Å². The third kappa shape index (κ3) is 4.46. The molecule has 5 heteroatoms. The first-order valence-corrected chi connectivity index (χ1v) is 19.1. The van der Waals surface area contributed by atoms with Crippen molar-refractivity contribution in [3.63, 3.8) is 0 Å². The van der Waals surface area contributed by atoms with E-state index in [2.05, 4.69) is 219 Å². The molecule has 0 aliphatic rings. The zero-order valence-electron chi connectivity index (χ0n) is 30.3. The molecule has 0 saturated heterocycles. The minimum atomic E-state index is 0.918. The molecule has 4 heterocycles. The van der Waals surface area contributed by atoms with Gasteiger partial charge in [-0.1, -0.05) is 91.0 Å². The normalized spacial score (nSPS) is 11.9. The smallest absolute Gasteiger partial charge is 0.145 e. The summed E-state index contributed by atoms with van der Waals surface area (Å²) in [5, 5.41) is 6.14. The summed E-state index contributed by atoms with van der Waals surface area (Å²) in [6.07, 6.45) is 2.19. The van der Waals surface area contributed by atoms with Gasteiger partial charge in [-0.3, -0.25) is 4.57 Å². The quantitative estimate of drug-likeness (QED) is 0.175. The van der Waals surface area contributed by atoms with E-state index in [9.17, 15) is 0 Å². The van der Waals surface area contributed by atoms with Crippen LogP contribution in [-0.4, -0.2) is 23.3 Å². The second-order valence-corrected chi connectivity index (χ2v) is 14.5. The second kappa shape index (κ2) is 11.9. The van der Waals surface area contributed by atoms with E-state index in [1.807, 2.05) is 0 Å². The fraction of sp³-hybridized carbons (Fsp3) is 0. The van der Waals surface area contributed by atoms with Gasteiger partial charge in [0.1, 0.15) is 5.82 Å². The van der Waals surface area contributed by atoms with E-state index in [1.54, 1.807) is 0 Å². The Hall–Kier alpha value is -7.63. The molecule has 0 amide bonds. The lowest BCUT2D eigenvalue weighted by molar-refractivity contribution is 1.10. The van der Waals surface area contributed by atoms with Crippen LogP contribution in [0.5, 0.6) is 0 Å². The highest BCUT2D eigenvalue weighted by Crippen LogP contribution is 2.43. The van der Waals surface area contributed by atoms with Crippen molar-refractivity contribution < 1.29 is 0 Å². The largest absolute Gasteiger partial charge is 0.316 e. The highest BCUT2D eigenvalue weighted by molar-refractivity contribution is 6.27. The number of rotatable bonds is 5. The average molecular weight is 716 g/mol. The van der Waals surface area contributed by atoms with Crippen LogP contribution in [0.2, 0.25) is 0 Å². The minimum absolute atomic E-state index is 0.918. The fourth-order valence-corrected chi connectivity index (χ4v) is 8.94. The number of fused-ring (bicyclic) bond motifs is 9. The standard InChI is InChI=1S/C51H33N5/c1-4-14-36(15-5-1)53-31-30-35-32-42-40-28-29-46-49(41-20-10-12-22-44(41)54(46)37-16-6-2-7-17-37)50(40)55(48(42)33-47(35)53)39-26-24-34(25-27-39)51-52-43-21-11-13-23-45(43)56(51)38-18-8-3-9-19-38/h1-33H. The number of hydrogen-bond acceptors (Lipinski definition) is 1. The topological polar surface area (TPSA) is 32.6 Å². The van der Waals surface area contributed by atoms with Gasteiger partial charge in [-0.2, -0.15) is 0 Å². The molecule has 0 aliphatic heterocycles. The van der Waals surface area contributed by atoms with Gasteiger partial charge in [-0.05, 0) is 103 Å². The van der Waals surface area contributed by atoms with Crippen molar-refractivity contribution >= 4 is 65.5 Å². The molecule has 0 saturated carbocycles. The molecule has 0 spiro atoms. The van der Waals surface area contributed by atoms with Crippen LogP contribution in [0.4, 0.5) is 0 Å². The minimum Gasteiger partial charge on any atom is -0.316 e. The Morgan fingerprint density at radius 1 is 0.357 bits per heavy atom. The van der Waals surface area contributed by atoms with Gasteiger partial charge in [0.25, 0.3) is 0 Å². The van der Waals surface area contributed by atoms with Gasteiger partial charge >= 0.3 is 0 Å². The Labute approximate surface area is 322 Å². The molecule has 0 bridgehead atoms. The van der Waals surface area contributed by atoms with Crippen molar-refractivity contribution in [3.8, 4) is 34.1 Å². The van der Waals surface area contributed by atoms with Crippen molar-refractivity contribution in [2.75, 3.05) is 0 Å². The van der Waals surface area contributed by atoms with Gasteiger partial charge in [0.2, 0.25) is 0 Å². The lowest BCUT2D eigenvalue weighted by atomic mass is 10.1. The van der Waals surface area contributed by atoms with Crippen LogP contribution in [0.15, 0.2) is 200 Å². The molecule has 8 aromatic carbocycles. The molecule has 0 atom stereocenters. The number of hydrogen-bond donors (Lipinski definition) is 0. The lowest BCUT2D eigenvalue weighted by Gasteiger charge is -2.13. The Bertz CT molecular complexity index is 3440. The van der Waals surface area contributed by atoms with E-state index < -0.39 is 0 Å². The van der Waals surface area contributed by atoms with Gasteiger partial charge in [-0.25, -0.2) is 4.98 Å². The SMILES string of the molecule is c1ccc(-n2ccc3cc4c5ccc6c(c7ccccc7n6-c6ccccc6)c5n(-c5ccc(-c6nc7ccccc7n6-c6ccccc6)cc5)c4cc32)cc1. The first kappa shape index (κ1) is 30.8. The van der Waals surface area contributed by atoms with Crippen LogP contribution in [0, 0.1) is 0 Å². The zero-order valence-corrected chi connectivity index (χ0v) is 30.3. The molecule has 0 N–H and O–H groups in total. The number of imidazole rings is 1. The summed E-state index contributed by atoms with van der Waals surface area (Å²) in [6.45, 7) is 0. The maximum Gasteiger partial charge on any atom is 0.145 e. The molecule has 56 heavy (non-hydrogen) atoms. The summed E-state index contributed by atoms with van der Waals surface area (Å²) < 4.78 is 9.45. The average Bonchev–Trinajstić information content (AvgIpc) is 4.03. The Balaban J connectivity index is 1.16. The number of benzene rings is 8. The van der Waals surface area contributed by atoms with Crippen molar-refractivity contribution in [3.05, 3.63) is 200 Å². The first-order chi connectivity index (χ1) is 27.8. The van der Waals surface area contributed by atoms with Crippen molar-refractivity contribution in [1.29, 1.82) is 0 Å². The number of nitrogens with zero attached hydrogens (tertiary/aromatic N) is 5. The summed E-state index contributed by atoms with van der Waals surface area (Å²) in [6, 6.07) is 69.6.